The van der Waals surface area contributed by atoms with Crippen molar-refractivity contribution < 1.29 is 0 Å². The molecular formula is C15H23N. The fraction of sp³-hybridized carbons (Fsp3) is 0.333. The fourth-order valence-corrected chi connectivity index (χ4v) is 1.13. The molecule has 0 rings (SSSR count). The summed E-state index contributed by atoms with van der Waals surface area (Å²) < 4.78 is 0. The Bertz CT molecular complexity index is 303. The van der Waals surface area contributed by atoms with Crippen LogP contribution in [0.1, 0.15) is 27.2 Å². The Hall–Kier alpha value is -1.50. The third-order valence-electron chi connectivity index (χ3n) is 2.12. The van der Waals surface area contributed by atoms with Gasteiger partial charge in [0.05, 0.1) is 0 Å². The standard InChI is InChI=1S/C15H23N/c1-5-9-11-14(7-3)13-16-15(8-4)12-10-6-2/h6-12,16H,4-5,13H2,1-3H3/b10-6-,11-9-,14-7+,15-12+. The highest BCUT2D eigenvalue weighted by Gasteiger charge is 1.92. The highest BCUT2D eigenvalue weighted by atomic mass is 14.9. The molecule has 0 bridgehead atoms. The molecule has 1 N–H and O–H groups in total. The second-order valence-corrected chi connectivity index (χ2v) is 3.38. The van der Waals surface area contributed by atoms with Crippen molar-refractivity contribution in [1.29, 1.82) is 0 Å². The average Bonchev–Trinajstić information content (AvgIpc) is 2.33. The lowest BCUT2D eigenvalue weighted by molar-refractivity contribution is 0.908. The van der Waals surface area contributed by atoms with E-state index in [0.717, 1.165) is 18.7 Å². The van der Waals surface area contributed by atoms with Crippen molar-refractivity contribution in [3.63, 3.8) is 0 Å². The van der Waals surface area contributed by atoms with Crippen LogP contribution in [0.25, 0.3) is 0 Å². The molecule has 0 atom stereocenters. The van der Waals surface area contributed by atoms with Crippen LogP contribution in [-0.2, 0) is 0 Å². The molecule has 0 aliphatic heterocycles. The van der Waals surface area contributed by atoms with Gasteiger partial charge in [-0.05, 0) is 38.0 Å². The van der Waals surface area contributed by atoms with Gasteiger partial charge in [0.15, 0.2) is 0 Å². The second kappa shape index (κ2) is 10.0. The van der Waals surface area contributed by atoms with Gasteiger partial charge in [-0.1, -0.05) is 43.9 Å². The van der Waals surface area contributed by atoms with E-state index in [1.807, 2.05) is 31.2 Å². The second-order valence-electron chi connectivity index (χ2n) is 3.38. The number of hydrogen-bond acceptors (Lipinski definition) is 1. The SMILES string of the molecule is C=C/C(=C\C=C/C)NCC(/C=C\CC)=C/C. The van der Waals surface area contributed by atoms with Crippen molar-refractivity contribution in [3.05, 3.63) is 60.4 Å². The molecule has 88 valence electrons. The predicted molar refractivity (Wildman–Crippen MR) is 74.3 cm³/mol. The number of hydrogen-bond donors (Lipinski definition) is 1. The predicted octanol–water partition coefficient (Wildman–Crippen LogP) is 4.13. The summed E-state index contributed by atoms with van der Waals surface area (Å²) in [6, 6.07) is 0. The first kappa shape index (κ1) is 14.5. The maximum Gasteiger partial charge on any atom is 0.0397 e. The first-order valence-electron chi connectivity index (χ1n) is 5.79. The average molecular weight is 217 g/mol. The van der Waals surface area contributed by atoms with Crippen LogP contribution in [0.4, 0.5) is 0 Å². The largest absolute Gasteiger partial charge is 0.381 e. The highest BCUT2D eigenvalue weighted by molar-refractivity contribution is 5.25. The monoisotopic (exact) mass is 217 g/mol. The Balaban J connectivity index is 4.29. The maximum atomic E-state index is 3.78. The molecule has 0 aromatic carbocycles. The van der Waals surface area contributed by atoms with Crippen LogP contribution >= 0.6 is 0 Å². The molecule has 0 aromatic heterocycles. The molecule has 1 heteroatoms. The summed E-state index contributed by atoms with van der Waals surface area (Å²) in [7, 11) is 0. The molecule has 0 radical (unpaired) electrons. The molecule has 16 heavy (non-hydrogen) atoms. The molecule has 0 aromatic rings. The zero-order chi connectivity index (χ0) is 12.2. The normalized spacial score (nSPS) is 13.7. The molecule has 0 saturated heterocycles. The molecule has 0 unspecified atom stereocenters. The van der Waals surface area contributed by atoms with Crippen LogP contribution in [0, 0.1) is 0 Å². The molecule has 0 aliphatic rings. The zero-order valence-electron chi connectivity index (χ0n) is 10.7. The molecule has 0 saturated carbocycles. The summed E-state index contributed by atoms with van der Waals surface area (Å²) in [5.41, 5.74) is 2.33. The van der Waals surface area contributed by atoms with E-state index in [2.05, 4.69) is 44.0 Å². The molecule has 0 aliphatic carbocycles. The summed E-state index contributed by atoms with van der Waals surface area (Å²) in [5, 5.41) is 3.34. The summed E-state index contributed by atoms with van der Waals surface area (Å²) in [6.07, 6.45) is 15.4. The van der Waals surface area contributed by atoms with E-state index in [1.54, 1.807) is 0 Å². The summed E-state index contributed by atoms with van der Waals surface area (Å²) >= 11 is 0. The minimum Gasteiger partial charge on any atom is -0.381 e. The Morgan fingerprint density at radius 3 is 2.56 bits per heavy atom. The Morgan fingerprint density at radius 2 is 2.06 bits per heavy atom. The van der Waals surface area contributed by atoms with E-state index in [9.17, 15) is 0 Å². The van der Waals surface area contributed by atoms with Crippen LogP contribution in [0.15, 0.2) is 60.4 Å². The molecule has 0 fully saturated rings. The number of rotatable bonds is 7. The van der Waals surface area contributed by atoms with E-state index in [4.69, 9.17) is 0 Å². The van der Waals surface area contributed by atoms with Gasteiger partial charge in [-0.2, -0.15) is 0 Å². The third kappa shape index (κ3) is 6.88. The fourth-order valence-electron chi connectivity index (χ4n) is 1.13. The molecule has 0 spiro atoms. The Labute approximate surface area is 100.0 Å². The molecule has 1 nitrogen and oxygen atoms in total. The van der Waals surface area contributed by atoms with Gasteiger partial charge in [0.25, 0.3) is 0 Å². The van der Waals surface area contributed by atoms with Gasteiger partial charge < -0.3 is 5.32 Å². The van der Waals surface area contributed by atoms with Crippen molar-refractivity contribution in [3.8, 4) is 0 Å². The van der Waals surface area contributed by atoms with E-state index >= 15 is 0 Å². The first-order chi connectivity index (χ1) is 7.78. The van der Waals surface area contributed by atoms with Crippen LogP contribution in [-0.4, -0.2) is 6.54 Å². The van der Waals surface area contributed by atoms with Crippen LogP contribution in [0.2, 0.25) is 0 Å². The Kier molecular flexibility index (Phi) is 9.09. The van der Waals surface area contributed by atoms with Gasteiger partial charge in [-0.15, -0.1) is 0 Å². The zero-order valence-corrected chi connectivity index (χ0v) is 10.7. The van der Waals surface area contributed by atoms with Gasteiger partial charge in [0, 0.05) is 12.2 Å². The van der Waals surface area contributed by atoms with Crippen molar-refractivity contribution in [2.45, 2.75) is 27.2 Å². The van der Waals surface area contributed by atoms with E-state index in [-0.39, 0.29) is 0 Å². The van der Waals surface area contributed by atoms with Crippen LogP contribution in [0.3, 0.4) is 0 Å². The van der Waals surface area contributed by atoms with Crippen molar-refractivity contribution >= 4 is 0 Å². The van der Waals surface area contributed by atoms with Gasteiger partial charge in [0.1, 0.15) is 0 Å². The van der Waals surface area contributed by atoms with Gasteiger partial charge in [0.2, 0.25) is 0 Å². The van der Waals surface area contributed by atoms with E-state index in [0.29, 0.717) is 0 Å². The maximum absolute atomic E-state index is 3.78. The minimum absolute atomic E-state index is 0.836. The third-order valence-corrected chi connectivity index (χ3v) is 2.12. The van der Waals surface area contributed by atoms with Crippen molar-refractivity contribution in [2.75, 3.05) is 6.54 Å². The smallest absolute Gasteiger partial charge is 0.0397 e. The van der Waals surface area contributed by atoms with E-state index < -0.39 is 0 Å². The summed E-state index contributed by atoms with van der Waals surface area (Å²) in [4.78, 5) is 0. The van der Waals surface area contributed by atoms with Gasteiger partial charge in [-0.25, -0.2) is 0 Å². The lowest BCUT2D eigenvalue weighted by Gasteiger charge is -2.07. The van der Waals surface area contributed by atoms with Crippen LogP contribution < -0.4 is 5.32 Å². The lowest BCUT2D eigenvalue weighted by atomic mass is 10.2. The van der Waals surface area contributed by atoms with Crippen LogP contribution in [0.5, 0.6) is 0 Å². The topological polar surface area (TPSA) is 12.0 Å². The van der Waals surface area contributed by atoms with Gasteiger partial charge in [-0.3, -0.25) is 0 Å². The van der Waals surface area contributed by atoms with Crippen molar-refractivity contribution in [1.82, 2.24) is 5.32 Å². The quantitative estimate of drug-likeness (QED) is 0.632. The van der Waals surface area contributed by atoms with Crippen molar-refractivity contribution in [2.24, 2.45) is 0 Å². The number of allylic oxidation sites excluding steroid dienone is 6. The molecule has 0 amide bonds. The first-order valence-corrected chi connectivity index (χ1v) is 5.79. The summed E-state index contributed by atoms with van der Waals surface area (Å²) in [6.45, 7) is 10.8. The summed E-state index contributed by atoms with van der Waals surface area (Å²) in [5.74, 6) is 0. The number of nitrogens with one attached hydrogen (secondary N) is 1. The molecular weight excluding hydrogens is 194 g/mol. The highest BCUT2D eigenvalue weighted by Crippen LogP contribution is 1.99. The Morgan fingerprint density at radius 1 is 1.31 bits per heavy atom. The lowest BCUT2D eigenvalue weighted by Crippen LogP contribution is -2.14. The minimum atomic E-state index is 0.836. The van der Waals surface area contributed by atoms with E-state index in [1.165, 1.54) is 5.57 Å². The molecule has 0 heterocycles. The van der Waals surface area contributed by atoms with Gasteiger partial charge >= 0.3 is 0 Å².